The molecule has 1 rings (SSSR count). The number of carbonyl (C=O) groups excluding carboxylic acids is 2. The summed E-state index contributed by atoms with van der Waals surface area (Å²) in [5, 5.41) is 2.43. The van der Waals surface area contributed by atoms with E-state index in [0.29, 0.717) is 12.8 Å². The minimum atomic E-state index is -2.90. The molecule has 0 aromatic heterocycles. The van der Waals surface area contributed by atoms with Crippen molar-refractivity contribution in [2.24, 2.45) is 0 Å². The summed E-state index contributed by atoms with van der Waals surface area (Å²) >= 11 is 0. The zero-order valence-electron chi connectivity index (χ0n) is 7.02. The number of aldehydes is 1. The van der Waals surface area contributed by atoms with Crippen LogP contribution in [0.1, 0.15) is 12.8 Å². The Hall–Kier alpha value is -0.910. The SMILES string of the molecule is O=CC(=O)NC1CCS(=O)(=O)CC1. The Kier molecular flexibility index (Phi) is 3.02. The van der Waals surface area contributed by atoms with E-state index in [-0.39, 0.29) is 23.8 Å². The van der Waals surface area contributed by atoms with Gasteiger partial charge in [-0.1, -0.05) is 0 Å². The van der Waals surface area contributed by atoms with Crippen molar-refractivity contribution in [2.45, 2.75) is 18.9 Å². The van der Waals surface area contributed by atoms with Crippen molar-refractivity contribution in [3.8, 4) is 0 Å². The minimum Gasteiger partial charge on any atom is -0.347 e. The lowest BCUT2D eigenvalue weighted by Crippen LogP contribution is -2.41. The highest BCUT2D eigenvalue weighted by atomic mass is 32.2. The molecule has 1 amide bonds. The van der Waals surface area contributed by atoms with Gasteiger partial charge < -0.3 is 5.32 Å². The van der Waals surface area contributed by atoms with Crippen LogP contribution in [0.25, 0.3) is 0 Å². The number of amides is 1. The van der Waals surface area contributed by atoms with E-state index in [1.54, 1.807) is 0 Å². The Labute approximate surface area is 76.4 Å². The normalized spacial score (nSPS) is 22.2. The molecule has 0 aliphatic carbocycles. The van der Waals surface area contributed by atoms with Crippen molar-refractivity contribution in [3.63, 3.8) is 0 Å². The lowest BCUT2D eigenvalue weighted by molar-refractivity contribution is -0.131. The van der Waals surface area contributed by atoms with Crippen molar-refractivity contribution in [1.82, 2.24) is 5.32 Å². The molecule has 0 saturated carbocycles. The molecular weight excluding hydrogens is 194 g/mol. The molecular formula is C7H11NO4S. The van der Waals surface area contributed by atoms with Crippen LogP contribution in [0.3, 0.4) is 0 Å². The summed E-state index contributed by atoms with van der Waals surface area (Å²) in [4.78, 5) is 20.6. The van der Waals surface area contributed by atoms with Crippen molar-refractivity contribution in [3.05, 3.63) is 0 Å². The molecule has 0 radical (unpaired) electrons. The first-order valence-corrected chi connectivity index (χ1v) is 5.82. The van der Waals surface area contributed by atoms with E-state index in [0.717, 1.165) is 0 Å². The van der Waals surface area contributed by atoms with E-state index in [9.17, 15) is 18.0 Å². The highest BCUT2D eigenvalue weighted by Crippen LogP contribution is 2.11. The number of nitrogens with one attached hydrogen (secondary N) is 1. The summed E-state index contributed by atoms with van der Waals surface area (Å²) in [6.07, 6.45) is 1.01. The highest BCUT2D eigenvalue weighted by molar-refractivity contribution is 7.91. The topological polar surface area (TPSA) is 80.3 Å². The van der Waals surface area contributed by atoms with Crippen molar-refractivity contribution in [1.29, 1.82) is 0 Å². The Bertz CT molecular complexity index is 294. The second-order valence-electron chi connectivity index (χ2n) is 3.05. The Morgan fingerprint density at radius 3 is 2.31 bits per heavy atom. The molecule has 74 valence electrons. The lowest BCUT2D eigenvalue weighted by atomic mass is 10.1. The molecule has 1 heterocycles. The number of hydrogen-bond donors (Lipinski definition) is 1. The Morgan fingerprint density at radius 1 is 1.31 bits per heavy atom. The number of rotatable bonds is 2. The van der Waals surface area contributed by atoms with Gasteiger partial charge >= 0.3 is 0 Å². The first kappa shape index (κ1) is 10.2. The van der Waals surface area contributed by atoms with Crippen LogP contribution >= 0.6 is 0 Å². The Balaban J connectivity index is 2.42. The first-order valence-electron chi connectivity index (χ1n) is 3.99. The Morgan fingerprint density at radius 2 is 1.85 bits per heavy atom. The standard InChI is InChI=1S/C7H11NO4S/c9-5-7(10)8-6-1-3-13(11,12)4-2-6/h5-6H,1-4H2,(H,8,10). The maximum absolute atomic E-state index is 11.0. The molecule has 0 unspecified atom stereocenters. The number of hydrogen-bond acceptors (Lipinski definition) is 4. The van der Waals surface area contributed by atoms with Crippen LogP contribution in [0.15, 0.2) is 0 Å². The van der Waals surface area contributed by atoms with Gasteiger partial charge in [0.25, 0.3) is 5.91 Å². The van der Waals surface area contributed by atoms with Crippen molar-refractivity contribution < 1.29 is 18.0 Å². The van der Waals surface area contributed by atoms with Crippen LogP contribution in [0.5, 0.6) is 0 Å². The quantitative estimate of drug-likeness (QED) is 0.457. The van der Waals surface area contributed by atoms with Gasteiger partial charge in [-0.3, -0.25) is 9.59 Å². The second kappa shape index (κ2) is 3.87. The monoisotopic (exact) mass is 205 g/mol. The molecule has 0 atom stereocenters. The van der Waals surface area contributed by atoms with Gasteiger partial charge in [-0.2, -0.15) is 0 Å². The summed E-state index contributed by atoms with van der Waals surface area (Å²) in [6, 6.07) is -0.166. The van der Waals surface area contributed by atoms with Gasteiger partial charge in [0, 0.05) is 6.04 Å². The molecule has 0 aromatic rings. The smallest absolute Gasteiger partial charge is 0.284 e. The maximum atomic E-state index is 11.0. The van der Waals surface area contributed by atoms with Gasteiger partial charge in [0.15, 0.2) is 0 Å². The fraction of sp³-hybridized carbons (Fsp3) is 0.714. The average Bonchev–Trinajstić information content (AvgIpc) is 2.08. The van der Waals surface area contributed by atoms with E-state index in [2.05, 4.69) is 5.32 Å². The van der Waals surface area contributed by atoms with E-state index in [1.165, 1.54) is 0 Å². The average molecular weight is 205 g/mol. The van der Waals surface area contributed by atoms with Gasteiger partial charge in [-0.25, -0.2) is 8.42 Å². The van der Waals surface area contributed by atoms with Gasteiger partial charge in [-0.15, -0.1) is 0 Å². The zero-order chi connectivity index (χ0) is 9.90. The van der Waals surface area contributed by atoms with Crippen molar-refractivity contribution >= 4 is 22.0 Å². The molecule has 1 fully saturated rings. The molecule has 1 saturated heterocycles. The van der Waals surface area contributed by atoms with Crippen molar-refractivity contribution in [2.75, 3.05) is 11.5 Å². The molecule has 6 heteroatoms. The van der Waals surface area contributed by atoms with Crippen LogP contribution in [-0.2, 0) is 19.4 Å². The molecule has 5 nitrogen and oxygen atoms in total. The van der Waals surface area contributed by atoms with Gasteiger partial charge in [-0.05, 0) is 12.8 Å². The third-order valence-electron chi connectivity index (χ3n) is 2.01. The number of sulfone groups is 1. The van der Waals surface area contributed by atoms with E-state index < -0.39 is 15.7 Å². The maximum Gasteiger partial charge on any atom is 0.284 e. The number of carbonyl (C=O) groups is 2. The van der Waals surface area contributed by atoms with Gasteiger partial charge in [0.2, 0.25) is 6.29 Å². The molecule has 0 spiro atoms. The van der Waals surface area contributed by atoms with E-state index in [4.69, 9.17) is 0 Å². The summed E-state index contributed by atoms with van der Waals surface area (Å²) in [6.45, 7) is 0. The molecule has 1 aliphatic rings. The summed E-state index contributed by atoms with van der Waals surface area (Å²) in [7, 11) is -2.90. The predicted octanol–water partition coefficient (Wildman–Crippen LogP) is -1.12. The predicted molar refractivity (Wildman–Crippen MR) is 45.9 cm³/mol. The minimum absolute atomic E-state index is 0.0941. The summed E-state index contributed by atoms with van der Waals surface area (Å²) in [5.41, 5.74) is 0. The van der Waals surface area contributed by atoms with E-state index >= 15 is 0 Å². The lowest BCUT2D eigenvalue weighted by Gasteiger charge is -2.21. The van der Waals surface area contributed by atoms with Crippen LogP contribution < -0.4 is 5.32 Å². The summed E-state index contributed by atoms with van der Waals surface area (Å²) in [5.74, 6) is -0.488. The molecule has 1 N–H and O–H groups in total. The fourth-order valence-corrected chi connectivity index (χ4v) is 2.76. The van der Waals surface area contributed by atoms with Gasteiger partial charge in [0.05, 0.1) is 11.5 Å². The highest BCUT2D eigenvalue weighted by Gasteiger charge is 2.24. The van der Waals surface area contributed by atoms with Crippen LogP contribution in [0.2, 0.25) is 0 Å². The third kappa shape index (κ3) is 3.14. The fourth-order valence-electron chi connectivity index (χ4n) is 1.27. The summed E-state index contributed by atoms with van der Waals surface area (Å²) < 4.78 is 21.9. The molecule has 13 heavy (non-hydrogen) atoms. The first-order chi connectivity index (χ1) is 6.03. The molecule has 1 aliphatic heterocycles. The van der Waals surface area contributed by atoms with Crippen LogP contribution in [0, 0.1) is 0 Å². The molecule has 0 aromatic carbocycles. The molecule has 0 bridgehead atoms. The third-order valence-corrected chi connectivity index (χ3v) is 3.72. The van der Waals surface area contributed by atoms with E-state index in [1.807, 2.05) is 0 Å². The van der Waals surface area contributed by atoms with Crippen LogP contribution in [0.4, 0.5) is 0 Å². The second-order valence-corrected chi connectivity index (χ2v) is 5.36. The van der Waals surface area contributed by atoms with Crippen LogP contribution in [-0.4, -0.2) is 38.2 Å². The van der Waals surface area contributed by atoms with Gasteiger partial charge in [0.1, 0.15) is 9.84 Å². The largest absolute Gasteiger partial charge is 0.347 e. The zero-order valence-corrected chi connectivity index (χ0v) is 7.84.